The maximum Gasteiger partial charge on any atom is 0.345 e. The van der Waals surface area contributed by atoms with Crippen LogP contribution < -0.4 is 0 Å². The highest BCUT2D eigenvalue weighted by atomic mass is 32.1. The number of methoxy groups -OCH3 is 2. The van der Waals surface area contributed by atoms with Crippen LogP contribution in [-0.4, -0.2) is 55.5 Å². The number of rotatable bonds is 5. The van der Waals surface area contributed by atoms with Gasteiger partial charge in [-0.15, -0.1) is 11.3 Å². The van der Waals surface area contributed by atoms with Gasteiger partial charge in [-0.25, -0.2) is 4.79 Å². The highest BCUT2D eigenvalue weighted by molar-refractivity contribution is 7.13. The Labute approximate surface area is 110 Å². The molecule has 2 atom stereocenters. The SMILES string of the molecule is COC1CN(Cc2ccc(C(=O)O)s2)CC1OC. The van der Waals surface area contributed by atoms with E-state index in [-0.39, 0.29) is 12.2 Å². The minimum absolute atomic E-state index is 0.0916. The minimum atomic E-state index is -0.864. The normalized spacial score (nSPS) is 24.6. The van der Waals surface area contributed by atoms with Gasteiger partial charge in [-0.1, -0.05) is 0 Å². The molecule has 0 radical (unpaired) electrons. The Kier molecular flexibility index (Phi) is 4.34. The largest absolute Gasteiger partial charge is 0.477 e. The van der Waals surface area contributed by atoms with Crippen molar-refractivity contribution in [3.63, 3.8) is 0 Å². The average Bonchev–Trinajstić information content (AvgIpc) is 2.95. The van der Waals surface area contributed by atoms with Crippen molar-refractivity contribution in [2.45, 2.75) is 18.8 Å². The van der Waals surface area contributed by atoms with E-state index in [9.17, 15) is 4.79 Å². The Bertz CT molecular complexity index is 408. The summed E-state index contributed by atoms with van der Waals surface area (Å²) in [6.07, 6.45) is 0.183. The van der Waals surface area contributed by atoms with Crippen molar-refractivity contribution in [1.29, 1.82) is 0 Å². The summed E-state index contributed by atoms with van der Waals surface area (Å²) in [5.41, 5.74) is 0. The van der Waals surface area contributed by atoms with Crippen LogP contribution in [0.15, 0.2) is 12.1 Å². The average molecular weight is 271 g/mol. The highest BCUT2D eigenvalue weighted by Crippen LogP contribution is 2.22. The molecule has 2 unspecified atom stereocenters. The van der Waals surface area contributed by atoms with Crippen LogP contribution in [0, 0.1) is 0 Å². The van der Waals surface area contributed by atoms with Crippen LogP contribution in [-0.2, 0) is 16.0 Å². The van der Waals surface area contributed by atoms with Crippen molar-refractivity contribution in [1.82, 2.24) is 4.90 Å². The van der Waals surface area contributed by atoms with Crippen molar-refractivity contribution in [3.8, 4) is 0 Å². The van der Waals surface area contributed by atoms with Crippen LogP contribution in [0.5, 0.6) is 0 Å². The number of hydrogen-bond acceptors (Lipinski definition) is 5. The van der Waals surface area contributed by atoms with E-state index >= 15 is 0 Å². The maximum atomic E-state index is 10.8. The van der Waals surface area contributed by atoms with Crippen molar-refractivity contribution in [3.05, 3.63) is 21.9 Å². The Morgan fingerprint density at radius 2 is 2.00 bits per heavy atom. The number of aromatic carboxylic acids is 1. The fourth-order valence-electron chi connectivity index (χ4n) is 2.20. The summed E-state index contributed by atoms with van der Waals surface area (Å²) in [7, 11) is 3.38. The molecule has 0 aromatic carbocycles. The Hall–Kier alpha value is -0.950. The van der Waals surface area contributed by atoms with Gasteiger partial charge in [0.15, 0.2) is 0 Å². The number of nitrogens with zero attached hydrogens (tertiary/aromatic N) is 1. The second-order valence-corrected chi connectivity index (χ2v) is 5.48. The molecule has 5 nitrogen and oxygen atoms in total. The van der Waals surface area contributed by atoms with Gasteiger partial charge in [-0.2, -0.15) is 0 Å². The van der Waals surface area contributed by atoms with Crippen molar-refractivity contribution >= 4 is 17.3 Å². The number of ether oxygens (including phenoxy) is 2. The van der Waals surface area contributed by atoms with Crippen molar-refractivity contribution in [2.75, 3.05) is 27.3 Å². The van der Waals surface area contributed by atoms with Crippen LogP contribution in [0.3, 0.4) is 0 Å². The lowest BCUT2D eigenvalue weighted by Crippen LogP contribution is -2.27. The summed E-state index contributed by atoms with van der Waals surface area (Å²) in [5, 5.41) is 8.88. The van der Waals surface area contributed by atoms with Crippen LogP contribution in [0.2, 0.25) is 0 Å². The summed E-state index contributed by atoms with van der Waals surface area (Å²) in [6, 6.07) is 3.52. The van der Waals surface area contributed by atoms with Gasteiger partial charge in [0.2, 0.25) is 0 Å². The van der Waals surface area contributed by atoms with Crippen LogP contribution in [0.25, 0.3) is 0 Å². The molecule has 0 aliphatic carbocycles. The molecule has 2 heterocycles. The van der Waals surface area contributed by atoms with Gasteiger partial charge in [0, 0.05) is 38.7 Å². The number of carboxylic acid groups (broad SMARTS) is 1. The lowest BCUT2D eigenvalue weighted by molar-refractivity contribution is -0.00461. The molecule has 18 heavy (non-hydrogen) atoms. The Balaban J connectivity index is 1.95. The second kappa shape index (κ2) is 5.79. The number of thiophene rings is 1. The maximum absolute atomic E-state index is 10.8. The van der Waals surface area contributed by atoms with Crippen molar-refractivity contribution < 1.29 is 19.4 Å². The van der Waals surface area contributed by atoms with Crippen LogP contribution in [0.4, 0.5) is 0 Å². The van der Waals surface area contributed by atoms with Crippen LogP contribution in [0.1, 0.15) is 14.5 Å². The van der Waals surface area contributed by atoms with Gasteiger partial charge in [0.25, 0.3) is 0 Å². The summed E-state index contributed by atoms with van der Waals surface area (Å²) < 4.78 is 10.7. The molecule has 1 aromatic heterocycles. The summed E-state index contributed by atoms with van der Waals surface area (Å²) in [6.45, 7) is 2.38. The zero-order valence-electron chi connectivity index (χ0n) is 10.5. The van der Waals surface area contributed by atoms with E-state index in [2.05, 4.69) is 4.90 Å². The van der Waals surface area contributed by atoms with E-state index in [0.29, 0.717) is 4.88 Å². The zero-order valence-corrected chi connectivity index (χ0v) is 11.3. The first-order valence-corrected chi connectivity index (χ1v) is 6.55. The van der Waals surface area contributed by atoms with E-state index in [0.717, 1.165) is 24.5 Å². The predicted octanol–water partition coefficient (Wildman–Crippen LogP) is 1.29. The zero-order chi connectivity index (χ0) is 13.1. The number of carboxylic acids is 1. The smallest absolute Gasteiger partial charge is 0.345 e. The molecule has 100 valence electrons. The second-order valence-electron chi connectivity index (χ2n) is 4.31. The number of carbonyl (C=O) groups is 1. The standard InChI is InChI=1S/C12H17NO4S/c1-16-9-6-13(7-10(9)17-2)5-8-3-4-11(18-8)12(14)15/h3-4,9-10H,5-7H2,1-2H3,(H,14,15). The third-order valence-corrected chi connectivity index (χ3v) is 4.21. The monoisotopic (exact) mass is 271 g/mol. The van der Waals surface area contributed by atoms with Gasteiger partial charge in [-0.05, 0) is 12.1 Å². The molecule has 0 saturated carbocycles. The van der Waals surface area contributed by atoms with Gasteiger partial charge >= 0.3 is 5.97 Å². The fourth-order valence-corrected chi connectivity index (χ4v) is 3.09. The Morgan fingerprint density at radius 1 is 1.39 bits per heavy atom. The molecule has 0 amide bonds. The lowest BCUT2D eigenvalue weighted by atomic mass is 10.3. The third-order valence-electron chi connectivity index (χ3n) is 3.15. The Morgan fingerprint density at radius 3 is 2.44 bits per heavy atom. The van der Waals surface area contributed by atoms with Gasteiger partial charge < -0.3 is 14.6 Å². The van der Waals surface area contributed by atoms with E-state index in [1.165, 1.54) is 11.3 Å². The quantitative estimate of drug-likeness (QED) is 0.874. The van der Waals surface area contributed by atoms with Gasteiger partial charge in [0.05, 0.1) is 12.2 Å². The predicted molar refractivity (Wildman–Crippen MR) is 68.1 cm³/mol. The molecule has 6 heteroatoms. The molecule has 0 spiro atoms. The van der Waals surface area contributed by atoms with Crippen LogP contribution >= 0.6 is 11.3 Å². The summed E-state index contributed by atoms with van der Waals surface area (Å²) in [4.78, 5) is 14.5. The van der Waals surface area contributed by atoms with E-state index < -0.39 is 5.97 Å². The van der Waals surface area contributed by atoms with Crippen molar-refractivity contribution in [2.24, 2.45) is 0 Å². The third kappa shape index (κ3) is 2.89. The molecule has 1 N–H and O–H groups in total. The molecular weight excluding hydrogens is 254 g/mol. The van der Waals surface area contributed by atoms with E-state index in [1.807, 2.05) is 6.07 Å². The molecule has 1 aromatic rings. The number of likely N-dealkylation sites (tertiary alicyclic amines) is 1. The van der Waals surface area contributed by atoms with Gasteiger partial charge in [0.1, 0.15) is 4.88 Å². The first kappa shape index (κ1) is 13.5. The first-order chi connectivity index (χ1) is 8.63. The molecule has 1 aliphatic heterocycles. The molecular formula is C12H17NO4S. The minimum Gasteiger partial charge on any atom is -0.477 e. The van der Waals surface area contributed by atoms with Gasteiger partial charge in [-0.3, -0.25) is 4.90 Å². The molecule has 0 bridgehead atoms. The highest BCUT2D eigenvalue weighted by Gasteiger charge is 2.32. The molecule has 1 aliphatic rings. The summed E-state index contributed by atoms with van der Waals surface area (Å²) in [5.74, 6) is -0.864. The number of hydrogen-bond donors (Lipinski definition) is 1. The fraction of sp³-hybridized carbons (Fsp3) is 0.583. The van der Waals surface area contributed by atoms with E-state index in [4.69, 9.17) is 14.6 Å². The molecule has 1 saturated heterocycles. The first-order valence-electron chi connectivity index (χ1n) is 5.74. The van der Waals surface area contributed by atoms with E-state index in [1.54, 1.807) is 20.3 Å². The molecule has 2 rings (SSSR count). The molecule has 1 fully saturated rings. The summed E-state index contributed by atoms with van der Waals surface area (Å²) >= 11 is 1.32. The topological polar surface area (TPSA) is 59.0 Å². The lowest BCUT2D eigenvalue weighted by Gasteiger charge is -2.13.